The van der Waals surface area contributed by atoms with E-state index in [9.17, 15) is 8.42 Å². The second-order valence-corrected chi connectivity index (χ2v) is 10.5. The molecule has 3 rings (SSSR count). The molecule has 9 heteroatoms. The minimum Gasteiger partial charge on any atom is -0.282 e. The van der Waals surface area contributed by atoms with Gasteiger partial charge in [-0.2, -0.15) is 9.40 Å². The van der Waals surface area contributed by atoms with Crippen molar-refractivity contribution in [3.05, 3.63) is 38.8 Å². The van der Waals surface area contributed by atoms with Crippen molar-refractivity contribution in [2.45, 2.75) is 38.3 Å². The van der Waals surface area contributed by atoms with Gasteiger partial charge in [-0.25, -0.2) is 13.1 Å². The first-order valence-electron chi connectivity index (χ1n) is 8.64. The number of aryl methyl sites for hydroxylation is 1. The van der Waals surface area contributed by atoms with E-state index >= 15 is 0 Å². The van der Waals surface area contributed by atoms with Crippen LogP contribution in [0.5, 0.6) is 0 Å². The van der Waals surface area contributed by atoms with Crippen LogP contribution in [-0.4, -0.2) is 53.6 Å². The molecule has 2 aromatic rings. The van der Waals surface area contributed by atoms with Crippen LogP contribution in [-0.2, 0) is 16.7 Å². The van der Waals surface area contributed by atoms with E-state index in [2.05, 4.69) is 23.8 Å². The molecule has 1 aromatic heterocycles. The molecule has 0 saturated carbocycles. The number of benzene rings is 1. The summed E-state index contributed by atoms with van der Waals surface area (Å²) in [6.45, 7) is 9.03. The molecule has 1 saturated heterocycles. The molecule has 2 heterocycles. The van der Waals surface area contributed by atoms with E-state index < -0.39 is 10.0 Å². The van der Waals surface area contributed by atoms with Crippen molar-refractivity contribution in [1.29, 1.82) is 0 Å². The Bertz CT molecular complexity index is 908. The summed E-state index contributed by atoms with van der Waals surface area (Å²) in [4.78, 5) is 2.55. The van der Waals surface area contributed by atoms with Crippen LogP contribution in [0.25, 0.3) is 0 Å². The Morgan fingerprint density at radius 2 is 1.77 bits per heavy atom. The predicted octanol–water partition coefficient (Wildman–Crippen LogP) is 3.07. The average Bonchev–Trinajstić information content (AvgIpc) is 2.92. The smallest absolute Gasteiger partial charge is 0.243 e. The minimum atomic E-state index is -3.44. The number of aromatic nitrogens is 2. The SMILES string of the molecule is Cc1nn(CN2CCN(S(=O)(=O)c3ccc(C(C)C)cc3)CC2)c(=S)s1. The maximum absolute atomic E-state index is 12.9. The van der Waals surface area contributed by atoms with Gasteiger partial charge in [-0.15, -0.1) is 0 Å². The summed E-state index contributed by atoms with van der Waals surface area (Å²) in [6, 6.07) is 7.24. The third-order valence-electron chi connectivity index (χ3n) is 4.56. The summed E-state index contributed by atoms with van der Waals surface area (Å²) in [5.74, 6) is 0.386. The van der Waals surface area contributed by atoms with Gasteiger partial charge in [0.25, 0.3) is 0 Å². The van der Waals surface area contributed by atoms with Crippen molar-refractivity contribution in [2.75, 3.05) is 26.2 Å². The van der Waals surface area contributed by atoms with Crippen LogP contribution in [0.1, 0.15) is 30.3 Å². The fourth-order valence-electron chi connectivity index (χ4n) is 2.97. The molecule has 142 valence electrons. The lowest BCUT2D eigenvalue weighted by molar-refractivity contribution is 0.145. The molecule has 26 heavy (non-hydrogen) atoms. The third kappa shape index (κ3) is 4.23. The number of nitrogens with zero attached hydrogens (tertiary/aromatic N) is 4. The lowest BCUT2D eigenvalue weighted by Crippen LogP contribution is -2.48. The van der Waals surface area contributed by atoms with E-state index in [0.717, 1.165) is 14.5 Å². The zero-order valence-corrected chi connectivity index (χ0v) is 17.7. The Morgan fingerprint density at radius 3 is 2.27 bits per heavy atom. The molecule has 0 spiro atoms. The van der Waals surface area contributed by atoms with Gasteiger partial charge in [0.05, 0.1) is 11.6 Å². The number of piperazine rings is 1. The average molecular weight is 413 g/mol. The van der Waals surface area contributed by atoms with Crippen LogP contribution < -0.4 is 0 Å². The van der Waals surface area contributed by atoms with Crippen molar-refractivity contribution >= 4 is 33.6 Å². The highest BCUT2D eigenvalue weighted by Gasteiger charge is 2.28. The van der Waals surface area contributed by atoms with Gasteiger partial charge in [0.15, 0.2) is 3.95 Å². The van der Waals surface area contributed by atoms with Crippen LogP contribution in [0.4, 0.5) is 0 Å². The first-order chi connectivity index (χ1) is 12.3. The van der Waals surface area contributed by atoms with Crippen molar-refractivity contribution in [2.24, 2.45) is 0 Å². The topological polar surface area (TPSA) is 58.4 Å². The molecular formula is C17H24N4O2S3. The number of hydrogen-bond donors (Lipinski definition) is 0. The molecule has 0 N–H and O–H groups in total. The first kappa shape index (κ1) is 19.6. The molecule has 1 aliphatic rings. The minimum absolute atomic E-state index is 0.368. The standard InChI is InChI=1S/C17H24N4O2S3/c1-13(2)15-4-6-16(7-5-15)26(22,23)20-10-8-19(9-11-20)12-21-17(24)25-14(3)18-21/h4-7,13H,8-12H2,1-3H3. The molecule has 0 bridgehead atoms. The van der Waals surface area contributed by atoms with E-state index in [1.54, 1.807) is 16.4 Å². The quantitative estimate of drug-likeness (QED) is 0.707. The Hall–Kier alpha value is -1.13. The molecule has 1 aliphatic heterocycles. The Labute approximate surface area is 164 Å². The van der Waals surface area contributed by atoms with Crippen LogP contribution in [0.2, 0.25) is 0 Å². The Balaban J connectivity index is 1.64. The fourth-order valence-corrected chi connectivity index (χ4v) is 5.45. The summed E-state index contributed by atoms with van der Waals surface area (Å²) >= 11 is 6.80. The van der Waals surface area contributed by atoms with Crippen LogP contribution in [0.15, 0.2) is 29.2 Å². The lowest BCUT2D eigenvalue weighted by Gasteiger charge is -2.33. The van der Waals surface area contributed by atoms with Crippen molar-refractivity contribution in [1.82, 2.24) is 19.0 Å². The maximum Gasteiger partial charge on any atom is 0.243 e. The summed E-state index contributed by atoms with van der Waals surface area (Å²) < 4.78 is 29.9. The Kier molecular flexibility index (Phi) is 5.93. The van der Waals surface area contributed by atoms with Gasteiger partial charge in [0.2, 0.25) is 10.0 Å². The third-order valence-corrected chi connectivity index (χ3v) is 7.69. The molecule has 1 aromatic carbocycles. The van der Waals surface area contributed by atoms with Gasteiger partial charge in [0.1, 0.15) is 5.01 Å². The largest absolute Gasteiger partial charge is 0.282 e. The molecule has 0 atom stereocenters. The van der Waals surface area contributed by atoms with E-state index in [1.165, 1.54) is 11.3 Å². The summed E-state index contributed by atoms with van der Waals surface area (Å²) in [7, 11) is -3.44. The summed E-state index contributed by atoms with van der Waals surface area (Å²) in [6.07, 6.45) is 0. The zero-order chi connectivity index (χ0) is 18.9. The zero-order valence-electron chi connectivity index (χ0n) is 15.3. The van der Waals surface area contributed by atoms with Gasteiger partial charge < -0.3 is 0 Å². The fraction of sp³-hybridized carbons (Fsp3) is 0.529. The van der Waals surface area contributed by atoms with E-state index in [-0.39, 0.29) is 0 Å². The number of hydrogen-bond acceptors (Lipinski definition) is 6. The summed E-state index contributed by atoms with van der Waals surface area (Å²) in [5.41, 5.74) is 1.14. The second-order valence-electron chi connectivity index (χ2n) is 6.77. The molecule has 1 fully saturated rings. The molecule has 0 radical (unpaired) electrons. The van der Waals surface area contributed by atoms with Gasteiger partial charge >= 0.3 is 0 Å². The highest BCUT2D eigenvalue weighted by Crippen LogP contribution is 2.21. The van der Waals surface area contributed by atoms with Crippen molar-refractivity contribution < 1.29 is 8.42 Å². The normalized spacial score (nSPS) is 17.1. The first-order valence-corrected chi connectivity index (χ1v) is 11.3. The monoisotopic (exact) mass is 412 g/mol. The Morgan fingerprint density at radius 1 is 1.15 bits per heavy atom. The van der Waals surface area contributed by atoms with Crippen molar-refractivity contribution in [3.63, 3.8) is 0 Å². The number of rotatable bonds is 5. The molecule has 0 aliphatic carbocycles. The van der Waals surface area contributed by atoms with E-state index in [4.69, 9.17) is 12.2 Å². The van der Waals surface area contributed by atoms with Crippen LogP contribution in [0.3, 0.4) is 0 Å². The van der Waals surface area contributed by atoms with Crippen LogP contribution >= 0.6 is 23.6 Å². The van der Waals surface area contributed by atoms with Gasteiger partial charge in [-0.1, -0.05) is 37.3 Å². The molecule has 0 amide bonds. The van der Waals surface area contributed by atoms with E-state index in [1.807, 2.05) is 23.7 Å². The number of sulfonamides is 1. The van der Waals surface area contributed by atoms with Gasteiger partial charge in [-0.05, 0) is 42.8 Å². The second kappa shape index (κ2) is 7.85. The highest BCUT2D eigenvalue weighted by molar-refractivity contribution is 7.89. The highest BCUT2D eigenvalue weighted by atomic mass is 32.2. The van der Waals surface area contributed by atoms with Crippen LogP contribution in [0, 0.1) is 10.9 Å². The molecular weight excluding hydrogens is 388 g/mol. The predicted molar refractivity (Wildman–Crippen MR) is 107 cm³/mol. The lowest BCUT2D eigenvalue weighted by atomic mass is 10.0. The van der Waals surface area contributed by atoms with Gasteiger partial charge in [-0.3, -0.25) is 4.90 Å². The molecule has 0 unspecified atom stereocenters. The maximum atomic E-state index is 12.9. The van der Waals surface area contributed by atoms with E-state index in [0.29, 0.717) is 43.7 Å². The summed E-state index contributed by atoms with van der Waals surface area (Å²) in [5, 5.41) is 5.34. The molecule has 6 nitrogen and oxygen atoms in total. The van der Waals surface area contributed by atoms with Gasteiger partial charge in [0, 0.05) is 26.2 Å². The van der Waals surface area contributed by atoms with Crippen molar-refractivity contribution in [3.8, 4) is 0 Å².